The number of hydrogen-bond donors (Lipinski definition) is 0. The van der Waals surface area contributed by atoms with Crippen LogP contribution in [0.4, 0.5) is 0 Å². The molecule has 10 heteroatoms. The summed E-state index contributed by atoms with van der Waals surface area (Å²) in [5.74, 6) is 0.921. The topological polar surface area (TPSA) is 101 Å². The third-order valence-electron chi connectivity index (χ3n) is 6.45. The number of methoxy groups -OCH3 is 3. The molecular weight excluding hydrogens is 602 g/mol. The molecule has 42 heavy (non-hydrogen) atoms. The second-order valence-corrected chi connectivity index (χ2v) is 10.1. The lowest BCUT2D eigenvalue weighted by Crippen LogP contribution is -2.20. The fourth-order valence-electron chi connectivity index (χ4n) is 4.31. The van der Waals surface area contributed by atoms with Crippen LogP contribution in [0.3, 0.4) is 0 Å². The van der Waals surface area contributed by atoms with Crippen molar-refractivity contribution in [2.75, 3.05) is 21.3 Å². The molecule has 1 heterocycles. The monoisotopic (exact) mass is 627 g/mol. The SMILES string of the molecule is COc1cc(C(=O)Oc2ccc(Br)cc2C=Nn2c(-c3ccc(C)cc3)nc3ccccc3c2=O)cc(OC)c1OC. The predicted molar refractivity (Wildman–Crippen MR) is 164 cm³/mol. The molecule has 0 atom stereocenters. The molecule has 0 fully saturated rings. The summed E-state index contributed by atoms with van der Waals surface area (Å²) >= 11 is 3.46. The summed E-state index contributed by atoms with van der Waals surface area (Å²) in [6.07, 6.45) is 1.46. The first-order chi connectivity index (χ1) is 20.3. The Morgan fingerprint density at radius 3 is 2.24 bits per heavy atom. The highest BCUT2D eigenvalue weighted by molar-refractivity contribution is 9.10. The number of rotatable bonds is 8. The Kier molecular flexibility index (Phi) is 8.35. The van der Waals surface area contributed by atoms with Gasteiger partial charge in [0, 0.05) is 15.6 Å². The van der Waals surface area contributed by atoms with E-state index < -0.39 is 5.97 Å². The lowest BCUT2D eigenvalue weighted by Gasteiger charge is -2.14. The van der Waals surface area contributed by atoms with Gasteiger partial charge in [0.25, 0.3) is 5.56 Å². The summed E-state index contributed by atoms with van der Waals surface area (Å²) in [7, 11) is 4.40. The number of esters is 1. The number of carbonyl (C=O) groups excluding carboxylic acids is 1. The van der Waals surface area contributed by atoms with Crippen LogP contribution in [0.25, 0.3) is 22.3 Å². The lowest BCUT2D eigenvalue weighted by atomic mass is 10.1. The third kappa shape index (κ3) is 5.75. The molecule has 0 aliphatic heterocycles. The van der Waals surface area contributed by atoms with Gasteiger partial charge in [0.1, 0.15) is 5.75 Å². The summed E-state index contributed by atoms with van der Waals surface area (Å²) in [6.45, 7) is 1.98. The number of aromatic nitrogens is 2. The van der Waals surface area contributed by atoms with E-state index in [0.717, 1.165) is 15.6 Å². The van der Waals surface area contributed by atoms with Crippen LogP contribution in [-0.2, 0) is 0 Å². The highest BCUT2D eigenvalue weighted by Gasteiger charge is 2.20. The highest BCUT2D eigenvalue weighted by Crippen LogP contribution is 2.38. The van der Waals surface area contributed by atoms with Crippen LogP contribution >= 0.6 is 15.9 Å². The van der Waals surface area contributed by atoms with Gasteiger partial charge in [-0.2, -0.15) is 9.78 Å². The highest BCUT2D eigenvalue weighted by atomic mass is 79.9. The molecule has 0 spiro atoms. The maximum atomic E-state index is 13.6. The number of carbonyl (C=O) groups is 1. The fraction of sp³-hybridized carbons (Fsp3) is 0.125. The standard InChI is InChI=1S/C32H26BrN3O6/c1-19-9-11-20(12-10-19)30-35-25-8-6-5-7-24(25)31(37)36(30)34-18-22-15-23(33)13-14-26(22)42-32(38)21-16-27(39-2)29(41-4)28(17-21)40-3/h5-18H,1-4H3. The molecule has 0 unspecified atom stereocenters. The second kappa shape index (κ2) is 12.3. The Balaban J connectivity index is 1.56. The van der Waals surface area contributed by atoms with Gasteiger partial charge in [-0.1, -0.05) is 57.9 Å². The normalized spacial score (nSPS) is 11.1. The Bertz CT molecular complexity index is 1860. The minimum atomic E-state index is -0.656. The molecule has 0 N–H and O–H groups in total. The summed E-state index contributed by atoms with van der Waals surface area (Å²) < 4.78 is 23.8. The Morgan fingerprint density at radius 1 is 0.881 bits per heavy atom. The van der Waals surface area contributed by atoms with Crippen LogP contribution in [0.5, 0.6) is 23.0 Å². The van der Waals surface area contributed by atoms with Crippen molar-refractivity contribution in [2.45, 2.75) is 6.92 Å². The summed E-state index contributed by atoms with van der Waals surface area (Å²) in [6, 6.07) is 22.9. The molecule has 1 aromatic heterocycles. The van der Waals surface area contributed by atoms with Gasteiger partial charge >= 0.3 is 5.97 Å². The number of fused-ring (bicyclic) bond motifs is 1. The van der Waals surface area contributed by atoms with Crippen molar-refractivity contribution >= 4 is 39.0 Å². The molecule has 0 radical (unpaired) electrons. The van der Waals surface area contributed by atoms with E-state index in [1.165, 1.54) is 44.4 Å². The number of aryl methyl sites for hydroxylation is 1. The van der Waals surface area contributed by atoms with E-state index in [1.807, 2.05) is 37.3 Å². The van der Waals surface area contributed by atoms with Crippen molar-refractivity contribution in [1.82, 2.24) is 9.66 Å². The summed E-state index contributed by atoms with van der Waals surface area (Å²) in [5, 5.41) is 4.96. The van der Waals surface area contributed by atoms with E-state index in [1.54, 1.807) is 36.4 Å². The van der Waals surface area contributed by atoms with E-state index in [2.05, 4.69) is 21.0 Å². The zero-order chi connectivity index (χ0) is 29.8. The van der Waals surface area contributed by atoms with Crippen molar-refractivity contribution < 1.29 is 23.7 Å². The molecule has 0 saturated carbocycles. The van der Waals surface area contributed by atoms with E-state index in [4.69, 9.17) is 23.9 Å². The van der Waals surface area contributed by atoms with Crippen LogP contribution in [0.15, 0.2) is 93.2 Å². The zero-order valence-corrected chi connectivity index (χ0v) is 24.8. The molecular formula is C32H26BrN3O6. The first kappa shape index (κ1) is 28.6. The van der Waals surface area contributed by atoms with Crippen LogP contribution in [0.2, 0.25) is 0 Å². The van der Waals surface area contributed by atoms with Crippen molar-refractivity contribution in [3.63, 3.8) is 0 Å². The zero-order valence-electron chi connectivity index (χ0n) is 23.3. The van der Waals surface area contributed by atoms with Gasteiger partial charge in [0.15, 0.2) is 17.3 Å². The van der Waals surface area contributed by atoms with Crippen molar-refractivity contribution in [2.24, 2.45) is 5.10 Å². The molecule has 9 nitrogen and oxygen atoms in total. The quantitative estimate of drug-likeness (QED) is 0.114. The summed E-state index contributed by atoms with van der Waals surface area (Å²) in [4.78, 5) is 31.6. The minimum absolute atomic E-state index is 0.187. The Morgan fingerprint density at radius 2 is 1.57 bits per heavy atom. The number of ether oxygens (including phenoxy) is 4. The van der Waals surface area contributed by atoms with Crippen LogP contribution < -0.4 is 24.5 Å². The predicted octanol–water partition coefficient (Wildman–Crippen LogP) is 6.26. The number of hydrogen-bond acceptors (Lipinski definition) is 8. The van der Waals surface area contributed by atoms with Crippen LogP contribution in [0, 0.1) is 6.92 Å². The number of nitrogens with zero attached hydrogens (tertiary/aromatic N) is 3. The van der Waals surface area contributed by atoms with Crippen molar-refractivity contribution in [3.05, 3.63) is 110 Å². The number of halogens is 1. The first-order valence-corrected chi connectivity index (χ1v) is 13.6. The van der Waals surface area contributed by atoms with Crippen LogP contribution in [-0.4, -0.2) is 43.2 Å². The minimum Gasteiger partial charge on any atom is -0.493 e. The molecule has 5 rings (SSSR count). The lowest BCUT2D eigenvalue weighted by molar-refractivity contribution is 0.0733. The van der Waals surface area contributed by atoms with Gasteiger partial charge in [0.05, 0.1) is 44.0 Å². The van der Waals surface area contributed by atoms with Crippen molar-refractivity contribution in [1.29, 1.82) is 0 Å². The number of para-hydroxylation sites is 1. The molecule has 0 bridgehead atoms. The molecule has 0 amide bonds. The fourth-order valence-corrected chi connectivity index (χ4v) is 4.69. The Hall–Kier alpha value is -4.96. The van der Waals surface area contributed by atoms with E-state index in [-0.39, 0.29) is 16.9 Å². The van der Waals surface area contributed by atoms with Crippen LogP contribution in [0.1, 0.15) is 21.5 Å². The van der Waals surface area contributed by atoms with E-state index in [9.17, 15) is 9.59 Å². The third-order valence-corrected chi connectivity index (χ3v) is 6.94. The second-order valence-electron chi connectivity index (χ2n) is 9.17. The van der Waals surface area contributed by atoms with Crippen molar-refractivity contribution in [3.8, 4) is 34.4 Å². The summed E-state index contributed by atoms with van der Waals surface area (Å²) in [5.41, 5.74) is 2.66. The maximum Gasteiger partial charge on any atom is 0.343 e. The van der Waals surface area contributed by atoms with Gasteiger partial charge < -0.3 is 18.9 Å². The average Bonchev–Trinajstić information content (AvgIpc) is 3.01. The molecule has 0 aliphatic carbocycles. The van der Waals surface area contributed by atoms with Gasteiger partial charge in [-0.3, -0.25) is 4.79 Å². The smallest absolute Gasteiger partial charge is 0.343 e. The number of benzene rings is 4. The largest absolute Gasteiger partial charge is 0.493 e. The molecule has 212 valence electrons. The van der Waals surface area contributed by atoms with Gasteiger partial charge in [0.2, 0.25) is 5.75 Å². The first-order valence-electron chi connectivity index (χ1n) is 12.8. The molecule has 4 aromatic carbocycles. The molecule has 5 aromatic rings. The average molecular weight is 628 g/mol. The maximum absolute atomic E-state index is 13.6. The Labute approximate surface area is 250 Å². The van der Waals surface area contributed by atoms with E-state index >= 15 is 0 Å². The molecule has 0 aliphatic rings. The van der Waals surface area contributed by atoms with Gasteiger partial charge in [-0.25, -0.2) is 9.78 Å². The van der Waals surface area contributed by atoms with Gasteiger partial charge in [-0.15, -0.1) is 0 Å². The van der Waals surface area contributed by atoms with E-state index in [0.29, 0.717) is 39.5 Å². The molecule has 0 saturated heterocycles. The van der Waals surface area contributed by atoms with Gasteiger partial charge in [-0.05, 0) is 49.4 Å².